The Bertz CT molecular complexity index is 1290. The Labute approximate surface area is 175 Å². The van der Waals surface area contributed by atoms with Crippen molar-refractivity contribution in [1.82, 2.24) is 14.3 Å². The van der Waals surface area contributed by atoms with Crippen molar-refractivity contribution in [2.24, 2.45) is 7.05 Å². The molecule has 1 saturated carbocycles. The Kier molecular flexibility index (Phi) is 4.76. The number of ether oxygens (including phenoxy) is 1. The molecule has 164 valence electrons. The standard InChI is InChI=1S/C20H18F3N3O4S/c1-26-11-16(13-5-3-4-6-15(13)26)31(28,29)25-18(27)19(7-8-19)14-9-12(20(21,22)23)10-24-17(14)30-2/h3-6,9-11H,7-8H2,1-2H3,(H,25,27). The van der Waals surface area contributed by atoms with Gasteiger partial charge in [-0.05, 0) is 25.0 Å². The van der Waals surface area contributed by atoms with Gasteiger partial charge in [0.25, 0.3) is 10.0 Å². The lowest BCUT2D eigenvalue weighted by Crippen LogP contribution is -2.39. The first-order chi connectivity index (χ1) is 14.5. The number of hydrogen-bond acceptors (Lipinski definition) is 5. The maximum atomic E-state index is 13.2. The number of amides is 1. The van der Waals surface area contributed by atoms with Gasteiger partial charge in [-0.2, -0.15) is 13.2 Å². The number of nitrogens with zero attached hydrogens (tertiary/aromatic N) is 2. The molecular formula is C20H18F3N3O4S. The molecule has 0 saturated heterocycles. The van der Waals surface area contributed by atoms with Crippen LogP contribution in [0.15, 0.2) is 47.6 Å². The van der Waals surface area contributed by atoms with Crippen LogP contribution < -0.4 is 9.46 Å². The van der Waals surface area contributed by atoms with Gasteiger partial charge in [0.2, 0.25) is 11.8 Å². The Balaban J connectivity index is 1.72. The Morgan fingerprint density at radius 1 is 1.26 bits per heavy atom. The van der Waals surface area contributed by atoms with Crippen LogP contribution in [-0.2, 0) is 33.5 Å². The summed E-state index contributed by atoms with van der Waals surface area (Å²) in [4.78, 5) is 16.6. The van der Waals surface area contributed by atoms with Gasteiger partial charge in [0.15, 0.2) is 0 Å². The van der Waals surface area contributed by atoms with E-state index in [4.69, 9.17) is 4.74 Å². The van der Waals surface area contributed by atoms with Crippen LogP contribution >= 0.6 is 0 Å². The number of para-hydroxylation sites is 1. The van der Waals surface area contributed by atoms with E-state index in [1.165, 1.54) is 13.3 Å². The predicted octanol–water partition coefficient (Wildman–Crippen LogP) is 3.14. The first-order valence-corrected chi connectivity index (χ1v) is 10.7. The molecule has 4 rings (SSSR count). The number of sulfonamides is 1. The van der Waals surface area contributed by atoms with Crippen molar-refractivity contribution < 1.29 is 31.1 Å². The minimum atomic E-state index is -4.67. The third kappa shape index (κ3) is 3.52. The predicted molar refractivity (Wildman–Crippen MR) is 105 cm³/mol. The molecule has 7 nitrogen and oxygen atoms in total. The molecule has 0 bridgehead atoms. The molecule has 0 atom stereocenters. The third-order valence-corrected chi connectivity index (χ3v) is 6.81. The van der Waals surface area contributed by atoms with Gasteiger partial charge in [0.1, 0.15) is 4.90 Å². The van der Waals surface area contributed by atoms with Crippen LogP contribution in [0.4, 0.5) is 13.2 Å². The van der Waals surface area contributed by atoms with Crippen LogP contribution in [0, 0.1) is 0 Å². The Morgan fingerprint density at radius 2 is 1.94 bits per heavy atom. The summed E-state index contributed by atoms with van der Waals surface area (Å²) < 4.78 is 74.2. The second-order valence-corrected chi connectivity index (χ2v) is 9.07. The highest BCUT2D eigenvalue weighted by molar-refractivity contribution is 7.90. The molecule has 0 radical (unpaired) electrons. The zero-order valence-electron chi connectivity index (χ0n) is 16.5. The normalized spacial score (nSPS) is 15.6. The fourth-order valence-corrected chi connectivity index (χ4v) is 4.96. The molecular weight excluding hydrogens is 435 g/mol. The maximum absolute atomic E-state index is 13.2. The lowest BCUT2D eigenvalue weighted by atomic mass is 9.95. The number of aryl methyl sites for hydroxylation is 1. The molecule has 1 aromatic carbocycles. The molecule has 1 amide bonds. The molecule has 2 heterocycles. The molecule has 3 aromatic rings. The maximum Gasteiger partial charge on any atom is 0.417 e. The van der Waals surface area contributed by atoms with Crippen molar-refractivity contribution in [3.8, 4) is 5.88 Å². The van der Waals surface area contributed by atoms with Gasteiger partial charge < -0.3 is 9.30 Å². The minimum absolute atomic E-state index is 0.0876. The van der Waals surface area contributed by atoms with Gasteiger partial charge in [-0.1, -0.05) is 18.2 Å². The number of rotatable bonds is 5. The Hall–Kier alpha value is -3.08. The van der Waals surface area contributed by atoms with E-state index in [2.05, 4.69) is 4.98 Å². The summed E-state index contributed by atoms with van der Waals surface area (Å²) in [5.74, 6) is -1.07. The first kappa shape index (κ1) is 21.2. The number of methoxy groups -OCH3 is 1. The van der Waals surface area contributed by atoms with Crippen LogP contribution in [0.2, 0.25) is 0 Å². The average molecular weight is 453 g/mol. The molecule has 1 N–H and O–H groups in total. The summed E-state index contributed by atoms with van der Waals surface area (Å²) in [6, 6.07) is 7.57. The number of carbonyl (C=O) groups is 1. The second-order valence-electron chi connectivity index (χ2n) is 7.42. The summed E-state index contributed by atoms with van der Waals surface area (Å²) in [6.07, 6.45) is -2.34. The summed E-state index contributed by atoms with van der Waals surface area (Å²) in [7, 11) is -1.38. The summed E-state index contributed by atoms with van der Waals surface area (Å²) >= 11 is 0. The molecule has 31 heavy (non-hydrogen) atoms. The molecule has 2 aromatic heterocycles. The number of benzene rings is 1. The van der Waals surface area contributed by atoms with E-state index in [1.807, 2.05) is 4.72 Å². The van der Waals surface area contributed by atoms with Crippen LogP contribution in [-0.4, -0.2) is 31.0 Å². The molecule has 1 fully saturated rings. The topological polar surface area (TPSA) is 90.3 Å². The molecule has 0 unspecified atom stereocenters. The highest BCUT2D eigenvalue weighted by Gasteiger charge is 2.55. The SMILES string of the molecule is COc1ncc(C(F)(F)F)cc1C1(C(=O)NS(=O)(=O)c2cn(C)c3ccccc23)CC1. The van der Waals surface area contributed by atoms with Crippen molar-refractivity contribution in [3.63, 3.8) is 0 Å². The lowest BCUT2D eigenvalue weighted by molar-refractivity contribution is -0.138. The van der Waals surface area contributed by atoms with Gasteiger partial charge in [0.05, 0.1) is 18.1 Å². The van der Waals surface area contributed by atoms with Crippen molar-refractivity contribution in [3.05, 3.63) is 53.9 Å². The number of aromatic nitrogens is 2. The van der Waals surface area contributed by atoms with Crippen molar-refractivity contribution >= 4 is 26.8 Å². The highest BCUT2D eigenvalue weighted by Crippen LogP contribution is 2.52. The first-order valence-electron chi connectivity index (χ1n) is 9.23. The van der Waals surface area contributed by atoms with E-state index in [1.54, 1.807) is 35.9 Å². The highest BCUT2D eigenvalue weighted by atomic mass is 32.2. The number of carbonyl (C=O) groups excluding carboxylic acids is 1. The lowest BCUT2D eigenvalue weighted by Gasteiger charge is -2.19. The van der Waals surface area contributed by atoms with Crippen LogP contribution in [0.5, 0.6) is 5.88 Å². The van der Waals surface area contributed by atoms with E-state index < -0.39 is 33.1 Å². The zero-order chi connectivity index (χ0) is 22.6. The molecule has 0 aliphatic heterocycles. The number of hydrogen-bond donors (Lipinski definition) is 1. The second kappa shape index (κ2) is 6.98. The number of fused-ring (bicyclic) bond motifs is 1. The minimum Gasteiger partial charge on any atom is -0.481 e. The van der Waals surface area contributed by atoms with Gasteiger partial charge in [-0.3, -0.25) is 4.79 Å². The summed E-state index contributed by atoms with van der Waals surface area (Å²) in [5.41, 5.74) is -1.94. The van der Waals surface area contributed by atoms with E-state index >= 15 is 0 Å². The van der Waals surface area contributed by atoms with Crippen molar-refractivity contribution in [2.45, 2.75) is 29.3 Å². The van der Waals surface area contributed by atoms with Crippen LogP contribution in [0.3, 0.4) is 0 Å². The molecule has 1 aliphatic carbocycles. The fourth-order valence-electron chi connectivity index (χ4n) is 3.65. The van der Waals surface area contributed by atoms with E-state index in [-0.39, 0.29) is 29.2 Å². The summed E-state index contributed by atoms with van der Waals surface area (Å²) in [5, 5.41) is 0.425. The van der Waals surface area contributed by atoms with Gasteiger partial charge in [-0.15, -0.1) is 0 Å². The van der Waals surface area contributed by atoms with Crippen LogP contribution in [0.25, 0.3) is 10.9 Å². The molecule has 1 aliphatic rings. The van der Waals surface area contributed by atoms with E-state index in [9.17, 15) is 26.4 Å². The quantitative estimate of drug-likeness (QED) is 0.641. The fraction of sp³-hybridized carbons (Fsp3) is 0.300. The van der Waals surface area contributed by atoms with Crippen molar-refractivity contribution in [2.75, 3.05) is 7.11 Å². The third-order valence-electron chi connectivity index (χ3n) is 5.45. The largest absolute Gasteiger partial charge is 0.481 e. The van der Waals surface area contributed by atoms with E-state index in [0.29, 0.717) is 17.1 Å². The molecule has 11 heteroatoms. The van der Waals surface area contributed by atoms with E-state index in [0.717, 1.165) is 6.07 Å². The number of nitrogens with one attached hydrogen (secondary N) is 1. The van der Waals surface area contributed by atoms with Crippen molar-refractivity contribution in [1.29, 1.82) is 0 Å². The zero-order valence-corrected chi connectivity index (χ0v) is 17.3. The smallest absolute Gasteiger partial charge is 0.417 e. The van der Waals surface area contributed by atoms with Gasteiger partial charge in [-0.25, -0.2) is 18.1 Å². The van der Waals surface area contributed by atoms with Gasteiger partial charge >= 0.3 is 6.18 Å². The number of alkyl halides is 3. The monoisotopic (exact) mass is 453 g/mol. The van der Waals surface area contributed by atoms with Gasteiger partial charge in [0, 0.05) is 35.9 Å². The number of pyridine rings is 1. The van der Waals surface area contributed by atoms with Crippen LogP contribution in [0.1, 0.15) is 24.0 Å². The summed E-state index contributed by atoms with van der Waals surface area (Å²) in [6.45, 7) is 0. The molecule has 0 spiro atoms. The number of halogens is 3. The average Bonchev–Trinajstić information content (AvgIpc) is 3.45. The Morgan fingerprint density at radius 3 is 2.55 bits per heavy atom.